The molecule has 0 aliphatic heterocycles. The highest BCUT2D eigenvalue weighted by Gasteiger charge is 2.11. The molecular weight excluding hydrogens is 220 g/mol. The van der Waals surface area contributed by atoms with Gasteiger partial charge in [0.15, 0.2) is 9.84 Å². The molecule has 7 heteroatoms. The first-order valence-corrected chi connectivity index (χ1v) is 5.74. The van der Waals surface area contributed by atoms with Crippen LogP contribution in [0.4, 0.5) is 0 Å². The van der Waals surface area contributed by atoms with Crippen LogP contribution in [-0.2, 0) is 19.4 Å². The van der Waals surface area contributed by atoms with Gasteiger partial charge in [0.05, 0.1) is 0 Å². The molecule has 0 aliphatic carbocycles. The maximum atomic E-state index is 11.2. The molecule has 0 aliphatic rings. The Hall–Kier alpha value is -1.63. The van der Waals surface area contributed by atoms with Crippen LogP contribution in [0.2, 0.25) is 0 Å². The van der Waals surface area contributed by atoms with Gasteiger partial charge in [0.25, 0.3) is 0 Å². The van der Waals surface area contributed by atoms with E-state index in [1.54, 1.807) is 0 Å². The fraction of sp³-hybridized carbons (Fsp3) is 0.250. The van der Waals surface area contributed by atoms with Crippen LogP contribution in [0.25, 0.3) is 0 Å². The van der Waals surface area contributed by atoms with Gasteiger partial charge in [-0.25, -0.2) is 8.42 Å². The molecule has 0 saturated carbocycles. The zero-order chi connectivity index (χ0) is 11.9. The van der Waals surface area contributed by atoms with Crippen molar-refractivity contribution in [2.24, 2.45) is 0 Å². The summed E-state index contributed by atoms with van der Waals surface area (Å²) >= 11 is 0. The Kier molecular flexibility index (Phi) is 5.32. The van der Waals surface area contributed by atoms with Crippen LogP contribution < -0.4 is 10.6 Å². The number of amides is 2. The summed E-state index contributed by atoms with van der Waals surface area (Å²) in [5, 5.41) is 4.18. The average Bonchev–Trinajstić information content (AvgIpc) is 2.22. The van der Waals surface area contributed by atoms with E-state index in [9.17, 15) is 18.0 Å². The van der Waals surface area contributed by atoms with E-state index in [0.29, 0.717) is 0 Å². The lowest BCUT2D eigenvalue weighted by Crippen LogP contribution is -2.35. The van der Waals surface area contributed by atoms with E-state index in [-0.39, 0.29) is 0 Å². The lowest BCUT2D eigenvalue weighted by molar-refractivity contribution is -0.116. The molecule has 0 fully saturated rings. The van der Waals surface area contributed by atoms with Gasteiger partial charge >= 0.3 is 0 Å². The molecule has 84 valence electrons. The second-order valence-corrected chi connectivity index (χ2v) is 4.59. The van der Waals surface area contributed by atoms with Gasteiger partial charge in [-0.15, -0.1) is 0 Å². The second kappa shape index (κ2) is 5.97. The summed E-state index contributed by atoms with van der Waals surface area (Å²) in [5.41, 5.74) is 0. The summed E-state index contributed by atoms with van der Waals surface area (Å²) in [5.74, 6) is -2.27. The molecule has 0 heterocycles. The molecular formula is C8H12N2O4S. The van der Waals surface area contributed by atoms with Gasteiger partial charge in [0, 0.05) is 0 Å². The highest BCUT2D eigenvalue weighted by molar-refractivity contribution is 7.91. The third-order valence-electron chi connectivity index (χ3n) is 1.30. The molecule has 2 amide bonds. The molecule has 6 nitrogen and oxygen atoms in total. The molecule has 0 bridgehead atoms. The minimum absolute atomic E-state index is 0.546. The normalized spacial score (nSPS) is 10.1. The maximum absolute atomic E-state index is 11.2. The Morgan fingerprint density at radius 2 is 1.33 bits per heavy atom. The van der Waals surface area contributed by atoms with E-state index < -0.39 is 33.4 Å². The van der Waals surface area contributed by atoms with Crippen molar-refractivity contribution >= 4 is 21.7 Å². The largest absolute Gasteiger partial charge is 0.338 e. The Bertz CT molecular complexity index is 342. The van der Waals surface area contributed by atoms with Gasteiger partial charge in [0.2, 0.25) is 11.8 Å². The van der Waals surface area contributed by atoms with Crippen LogP contribution in [0.5, 0.6) is 0 Å². The third kappa shape index (κ3) is 6.44. The van der Waals surface area contributed by atoms with Gasteiger partial charge in [-0.05, 0) is 12.2 Å². The molecule has 0 radical (unpaired) electrons. The monoisotopic (exact) mass is 232 g/mol. The van der Waals surface area contributed by atoms with Gasteiger partial charge in [-0.2, -0.15) is 0 Å². The first-order chi connectivity index (χ1) is 6.91. The quantitative estimate of drug-likeness (QED) is 0.570. The fourth-order valence-electron chi connectivity index (χ4n) is 0.558. The summed E-state index contributed by atoms with van der Waals surface area (Å²) in [6.45, 7) is 6.32. The van der Waals surface area contributed by atoms with Crippen molar-refractivity contribution in [3.05, 3.63) is 25.3 Å². The zero-order valence-corrected chi connectivity index (χ0v) is 8.84. The Balaban J connectivity index is 4.08. The van der Waals surface area contributed by atoms with Crippen LogP contribution in [0.15, 0.2) is 25.3 Å². The Morgan fingerprint density at radius 1 is 1.00 bits per heavy atom. The van der Waals surface area contributed by atoms with Crippen LogP contribution in [0, 0.1) is 0 Å². The summed E-state index contributed by atoms with van der Waals surface area (Å²) in [4.78, 5) is 21.3. The first kappa shape index (κ1) is 13.4. The number of hydrogen-bond donors (Lipinski definition) is 2. The lowest BCUT2D eigenvalue weighted by atomic mass is 10.6. The number of hydrogen-bond acceptors (Lipinski definition) is 4. The van der Waals surface area contributed by atoms with Crippen LogP contribution in [-0.4, -0.2) is 32.0 Å². The van der Waals surface area contributed by atoms with Gasteiger partial charge in [-0.3, -0.25) is 9.59 Å². The molecule has 0 rings (SSSR count). The molecule has 0 atom stereocenters. The predicted molar refractivity (Wildman–Crippen MR) is 55.3 cm³/mol. The number of rotatable bonds is 6. The van der Waals surface area contributed by atoms with Crippen molar-refractivity contribution in [1.29, 1.82) is 0 Å². The standard InChI is InChI=1S/C8H12N2O4S/c1-3-7(11)9-5-15(13,14)6-10-8(12)4-2/h3-4H,1-2,5-6H2,(H,9,11)(H,10,12). The van der Waals surface area contributed by atoms with E-state index in [2.05, 4.69) is 23.8 Å². The summed E-state index contributed by atoms with van der Waals surface area (Å²) in [6, 6.07) is 0. The zero-order valence-electron chi connectivity index (χ0n) is 8.02. The summed E-state index contributed by atoms with van der Waals surface area (Å²) in [7, 11) is -3.55. The number of sulfone groups is 1. The molecule has 0 aromatic rings. The first-order valence-electron chi connectivity index (χ1n) is 3.92. The minimum atomic E-state index is -3.55. The van der Waals surface area contributed by atoms with E-state index in [0.717, 1.165) is 12.2 Å². The van der Waals surface area contributed by atoms with Crippen molar-refractivity contribution in [3.8, 4) is 0 Å². The fourth-order valence-corrected chi connectivity index (χ4v) is 1.38. The number of carbonyl (C=O) groups excluding carboxylic acids is 2. The van der Waals surface area contributed by atoms with Gasteiger partial charge in [0.1, 0.15) is 11.8 Å². The van der Waals surface area contributed by atoms with Crippen LogP contribution >= 0.6 is 0 Å². The van der Waals surface area contributed by atoms with E-state index >= 15 is 0 Å². The van der Waals surface area contributed by atoms with Crippen molar-refractivity contribution < 1.29 is 18.0 Å². The Morgan fingerprint density at radius 3 is 1.60 bits per heavy atom. The average molecular weight is 232 g/mol. The van der Waals surface area contributed by atoms with Crippen molar-refractivity contribution in [2.45, 2.75) is 0 Å². The predicted octanol–water partition coefficient (Wildman–Crippen LogP) is -1.08. The second-order valence-electron chi connectivity index (χ2n) is 2.52. The van der Waals surface area contributed by atoms with Crippen molar-refractivity contribution in [1.82, 2.24) is 10.6 Å². The SMILES string of the molecule is C=CC(=O)NCS(=O)(=O)CNC(=O)C=C. The highest BCUT2D eigenvalue weighted by atomic mass is 32.2. The molecule has 0 aromatic heterocycles. The molecule has 0 saturated heterocycles. The van der Waals surface area contributed by atoms with Crippen molar-refractivity contribution in [2.75, 3.05) is 11.8 Å². The highest BCUT2D eigenvalue weighted by Crippen LogP contribution is 1.85. The number of nitrogens with one attached hydrogen (secondary N) is 2. The van der Waals surface area contributed by atoms with E-state index in [4.69, 9.17) is 0 Å². The topological polar surface area (TPSA) is 92.3 Å². The molecule has 0 aromatic carbocycles. The van der Waals surface area contributed by atoms with Crippen LogP contribution in [0.1, 0.15) is 0 Å². The Labute approximate surface area is 88.0 Å². The van der Waals surface area contributed by atoms with Crippen molar-refractivity contribution in [3.63, 3.8) is 0 Å². The number of carbonyl (C=O) groups is 2. The smallest absolute Gasteiger partial charge is 0.244 e. The molecule has 2 N–H and O–H groups in total. The van der Waals surface area contributed by atoms with Gasteiger partial charge < -0.3 is 10.6 Å². The maximum Gasteiger partial charge on any atom is 0.244 e. The molecule has 0 unspecified atom stereocenters. The lowest BCUT2D eigenvalue weighted by Gasteiger charge is -2.05. The summed E-state index contributed by atoms with van der Waals surface area (Å²) < 4.78 is 22.3. The van der Waals surface area contributed by atoms with Gasteiger partial charge in [-0.1, -0.05) is 13.2 Å². The van der Waals surface area contributed by atoms with E-state index in [1.807, 2.05) is 0 Å². The molecule has 0 spiro atoms. The van der Waals surface area contributed by atoms with E-state index in [1.165, 1.54) is 0 Å². The molecule has 15 heavy (non-hydrogen) atoms. The minimum Gasteiger partial charge on any atom is -0.338 e. The summed E-state index contributed by atoms with van der Waals surface area (Å²) in [6.07, 6.45) is 1.91. The van der Waals surface area contributed by atoms with Crippen LogP contribution in [0.3, 0.4) is 0 Å². The third-order valence-corrected chi connectivity index (χ3v) is 2.47.